The molecule has 20 heavy (non-hydrogen) atoms. The van der Waals surface area contributed by atoms with Crippen molar-refractivity contribution in [1.82, 2.24) is 9.88 Å². The van der Waals surface area contributed by atoms with Gasteiger partial charge in [0.25, 0.3) is 5.91 Å². The first-order chi connectivity index (χ1) is 9.63. The van der Waals surface area contributed by atoms with Gasteiger partial charge in [0.15, 0.2) is 0 Å². The number of hydrogen-bond donors (Lipinski definition) is 1. The van der Waals surface area contributed by atoms with E-state index in [4.69, 9.17) is 17.3 Å². The van der Waals surface area contributed by atoms with Crippen molar-refractivity contribution in [2.75, 3.05) is 5.73 Å². The Labute approximate surface area is 126 Å². The van der Waals surface area contributed by atoms with Crippen LogP contribution >= 0.6 is 22.9 Å². The molecule has 0 unspecified atom stereocenters. The van der Waals surface area contributed by atoms with Crippen LogP contribution in [-0.2, 0) is 6.54 Å². The van der Waals surface area contributed by atoms with Gasteiger partial charge in [-0.1, -0.05) is 17.7 Å². The number of nitrogen functional groups attached to an aromatic ring is 1. The number of anilines is 1. The zero-order valence-corrected chi connectivity index (χ0v) is 12.3. The van der Waals surface area contributed by atoms with Gasteiger partial charge in [-0.3, -0.25) is 4.79 Å². The predicted molar refractivity (Wildman–Crippen MR) is 80.9 cm³/mol. The summed E-state index contributed by atoms with van der Waals surface area (Å²) in [4.78, 5) is 19.6. The van der Waals surface area contributed by atoms with Crippen LogP contribution in [0.15, 0.2) is 29.6 Å². The second-order valence-corrected chi connectivity index (χ2v) is 6.27. The summed E-state index contributed by atoms with van der Waals surface area (Å²) in [6.07, 6.45) is 2.12. The third kappa shape index (κ3) is 2.94. The van der Waals surface area contributed by atoms with Gasteiger partial charge in [-0.25, -0.2) is 4.98 Å². The van der Waals surface area contributed by atoms with Crippen LogP contribution in [0.25, 0.3) is 0 Å². The van der Waals surface area contributed by atoms with Gasteiger partial charge in [-0.2, -0.15) is 0 Å². The standard InChI is InChI=1S/C14H14ClN3OS/c15-12-6-9(7-13(16)17-12)14(19)18(10-3-4-10)8-11-2-1-5-20-11/h1-2,5-7,10H,3-4,8H2,(H2,16,17). The second kappa shape index (κ2) is 5.42. The average Bonchev–Trinajstić information content (AvgIpc) is 3.11. The first-order valence-corrected chi connectivity index (χ1v) is 7.65. The number of aromatic nitrogens is 1. The van der Waals surface area contributed by atoms with Gasteiger partial charge in [0.2, 0.25) is 0 Å². The molecule has 0 radical (unpaired) electrons. The Bertz CT molecular complexity index is 605. The number of rotatable bonds is 4. The quantitative estimate of drug-likeness (QED) is 0.883. The summed E-state index contributed by atoms with van der Waals surface area (Å²) in [5, 5.41) is 2.27. The summed E-state index contributed by atoms with van der Waals surface area (Å²) in [5.74, 6) is 0.240. The van der Waals surface area contributed by atoms with Crippen molar-refractivity contribution in [3.8, 4) is 0 Å². The fourth-order valence-corrected chi connectivity index (χ4v) is 3.05. The molecule has 4 nitrogen and oxygen atoms in total. The van der Waals surface area contributed by atoms with Crippen LogP contribution in [0.2, 0.25) is 5.15 Å². The van der Waals surface area contributed by atoms with Crippen molar-refractivity contribution in [1.29, 1.82) is 0 Å². The molecule has 0 saturated heterocycles. The monoisotopic (exact) mass is 307 g/mol. The van der Waals surface area contributed by atoms with Crippen LogP contribution in [0.5, 0.6) is 0 Å². The van der Waals surface area contributed by atoms with Gasteiger partial charge in [0.05, 0.1) is 6.54 Å². The fraction of sp³-hybridized carbons (Fsp3) is 0.286. The van der Waals surface area contributed by atoms with Crippen LogP contribution in [0, 0.1) is 0 Å². The molecule has 3 rings (SSSR count). The molecular weight excluding hydrogens is 294 g/mol. The van der Waals surface area contributed by atoms with Crippen LogP contribution in [0.3, 0.4) is 0 Å². The van der Waals surface area contributed by atoms with Crippen molar-refractivity contribution >= 4 is 34.7 Å². The number of amides is 1. The van der Waals surface area contributed by atoms with Crippen molar-refractivity contribution in [3.63, 3.8) is 0 Å². The largest absolute Gasteiger partial charge is 0.384 e. The maximum Gasteiger partial charge on any atom is 0.254 e. The Morgan fingerprint density at radius 2 is 2.30 bits per heavy atom. The van der Waals surface area contributed by atoms with Crippen molar-refractivity contribution in [2.24, 2.45) is 0 Å². The first-order valence-electron chi connectivity index (χ1n) is 6.40. The Balaban J connectivity index is 1.85. The predicted octanol–water partition coefficient (Wildman–Crippen LogP) is 3.18. The third-order valence-corrected chi connectivity index (χ3v) is 4.27. The van der Waals surface area contributed by atoms with Gasteiger partial charge in [0, 0.05) is 16.5 Å². The lowest BCUT2D eigenvalue weighted by Crippen LogP contribution is -2.32. The molecule has 2 N–H and O–H groups in total. The van der Waals surface area contributed by atoms with E-state index in [1.165, 1.54) is 4.88 Å². The summed E-state index contributed by atoms with van der Waals surface area (Å²) < 4.78 is 0. The van der Waals surface area contributed by atoms with E-state index in [0.717, 1.165) is 12.8 Å². The molecule has 2 aromatic rings. The number of thiophene rings is 1. The number of pyridine rings is 1. The van der Waals surface area contributed by atoms with E-state index in [9.17, 15) is 4.79 Å². The van der Waals surface area contributed by atoms with E-state index < -0.39 is 0 Å². The minimum atomic E-state index is -0.0306. The Morgan fingerprint density at radius 1 is 1.50 bits per heavy atom. The zero-order chi connectivity index (χ0) is 14.1. The molecule has 0 aliphatic heterocycles. The molecule has 1 aliphatic rings. The highest BCUT2D eigenvalue weighted by atomic mass is 35.5. The number of halogens is 1. The summed E-state index contributed by atoms with van der Waals surface area (Å²) in [6.45, 7) is 0.640. The number of nitrogens with zero attached hydrogens (tertiary/aromatic N) is 2. The van der Waals surface area contributed by atoms with Gasteiger partial charge >= 0.3 is 0 Å². The lowest BCUT2D eigenvalue weighted by atomic mass is 10.2. The summed E-state index contributed by atoms with van der Waals surface area (Å²) in [7, 11) is 0. The smallest absolute Gasteiger partial charge is 0.254 e. The molecule has 1 aliphatic carbocycles. The molecule has 104 valence electrons. The molecule has 6 heteroatoms. The van der Waals surface area contributed by atoms with Gasteiger partial charge in [-0.15, -0.1) is 11.3 Å². The SMILES string of the molecule is Nc1cc(C(=O)N(Cc2cccs2)C2CC2)cc(Cl)n1. The van der Waals surface area contributed by atoms with Crippen molar-refractivity contribution < 1.29 is 4.79 Å². The van der Waals surface area contributed by atoms with E-state index in [0.29, 0.717) is 18.2 Å². The number of carbonyl (C=O) groups excluding carboxylic acids is 1. The van der Waals surface area contributed by atoms with E-state index in [1.807, 2.05) is 22.4 Å². The lowest BCUT2D eigenvalue weighted by molar-refractivity contribution is 0.0731. The summed E-state index contributed by atoms with van der Waals surface area (Å²) >= 11 is 7.54. The minimum Gasteiger partial charge on any atom is -0.384 e. The van der Waals surface area contributed by atoms with Crippen molar-refractivity contribution in [3.05, 3.63) is 45.2 Å². The second-order valence-electron chi connectivity index (χ2n) is 4.85. The first kappa shape index (κ1) is 13.4. The van der Waals surface area contributed by atoms with Gasteiger partial charge in [0.1, 0.15) is 11.0 Å². The van der Waals surface area contributed by atoms with E-state index in [-0.39, 0.29) is 16.9 Å². The lowest BCUT2D eigenvalue weighted by Gasteiger charge is -2.22. The highest BCUT2D eigenvalue weighted by molar-refractivity contribution is 7.09. The Kier molecular flexibility index (Phi) is 3.63. The molecule has 1 amide bonds. The topological polar surface area (TPSA) is 59.2 Å². The fourth-order valence-electron chi connectivity index (χ4n) is 2.13. The van der Waals surface area contributed by atoms with E-state index in [1.54, 1.807) is 23.5 Å². The van der Waals surface area contributed by atoms with Gasteiger partial charge in [-0.05, 0) is 36.4 Å². The molecule has 2 aromatic heterocycles. The van der Waals surface area contributed by atoms with Crippen LogP contribution < -0.4 is 5.73 Å². The number of nitrogens with two attached hydrogens (primary N) is 1. The maximum atomic E-state index is 12.6. The Morgan fingerprint density at radius 3 is 2.90 bits per heavy atom. The zero-order valence-electron chi connectivity index (χ0n) is 10.8. The number of carbonyl (C=O) groups is 1. The van der Waals surface area contributed by atoms with E-state index >= 15 is 0 Å². The molecule has 1 saturated carbocycles. The summed E-state index contributed by atoms with van der Waals surface area (Å²) in [6, 6.07) is 7.53. The van der Waals surface area contributed by atoms with E-state index in [2.05, 4.69) is 4.98 Å². The molecule has 0 spiro atoms. The highest BCUT2D eigenvalue weighted by Crippen LogP contribution is 2.31. The van der Waals surface area contributed by atoms with Gasteiger partial charge < -0.3 is 10.6 Å². The van der Waals surface area contributed by atoms with Crippen LogP contribution in [0.4, 0.5) is 5.82 Å². The molecule has 0 atom stereocenters. The maximum absolute atomic E-state index is 12.6. The average molecular weight is 308 g/mol. The molecule has 0 bridgehead atoms. The van der Waals surface area contributed by atoms with Crippen LogP contribution in [0.1, 0.15) is 28.1 Å². The highest BCUT2D eigenvalue weighted by Gasteiger charge is 2.33. The number of hydrogen-bond acceptors (Lipinski definition) is 4. The molecule has 2 heterocycles. The molecular formula is C14H14ClN3OS. The normalized spacial score (nSPS) is 14.2. The molecule has 0 aromatic carbocycles. The summed E-state index contributed by atoms with van der Waals surface area (Å²) in [5.41, 5.74) is 6.17. The Hall–Kier alpha value is -1.59. The van der Waals surface area contributed by atoms with Crippen LogP contribution in [-0.4, -0.2) is 21.8 Å². The molecule has 1 fully saturated rings. The third-order valence-electron chi connectivity index (χ3n) is 3.22. The minimum absolute atomic E-state index is 0.0306. The van der Waals surface area contributed by atoms with Crippen molar-refractivity contribution in [2.45, 2.75) is 25.4 Å².